The van der Waals surface area contributed by atoms with Crippen molar-refractivity contribution >= 4 is 38.9 Å². The van der Waals surface area contributed by atoms with Crippen molar-refractivity contribution in [3.8, 4) is 28.4 Å². The zero-order valence-corrected chi connectivity index (χ0v) is 44.1. The first-order valence-electron chi connectivity index (χ1n) is 24.5. The average molecular weight is 1120 g/mol. The Morgan fingerprint density at radius 3 is 1.76 bits per heavy atom. The Morgan fingerprint density at radius 1 is 0.486 bits per heavy atom. The number of nitrogens with zero attached hydrogens (tertiary/aromatic N) is 4. The van der Waals surface area contributed by atoms with Gasteiger partial charge in [-0.05, 0) is 91.7 Å². The Labute approximate surface area is 439 Å². The summed E-state index contributed by atoms with van der Waals surface area (Å²) in [4.78, 5) is 9.50. The SMILES string of the molecule is CC(C)(C)c1cc(-c2ccccc2)cc(N2C=C(c3ccccc3)N(c3[c-]c(Oc4[c-]c5c(cc4)c4ccccc4n5-c4cc(C(C)(C)c5ccccc5)ccn4)cc(C(C)(C)c4ccccc4)c3)[CH-]2)c1.[Pt]. The summed E-state index contributed by atoms with van der Waals surface area (Å²) < 4.78 is 9.25. The quantitative estimate of drug-likeness (QED) is 0.121. The summed E-state index contributed by atoms with van der Waals surface area (Å²) in [6.07, 6.45) is 4.16. The Bertz CT molecular complexity index is 3580. The van der Waals surface area contributed by atoms with Gasteiger partial charge < -0.3 is 19.1 Å². The summed E-state index contributed by atoms with van der Waals surface area (Å²) in [5.74, 6) is 1.99. The van der Waals surface area contributed by atoms with Gasteiger partial charge in [0.05, 0.1) is 0 Å². The van der Waals surface area contributed by atoms with Gasteiger partial charge in [0.15, 0.2) is 0 Å². The van der Waals surface area contributed by atoms with Gasteiger partial charge in [0, 0.05) is 61.1 Å². The van der Waals surface area contributed by atoms with Crippen LogP contribution in [0, 0.1) is 18.8 Å². The van der Waals surface area contributed by atoms with E-state index in [0.717, 1.165) is 55.8 Å². The van der Waals surface area contributed by atoms with E-state index >= 15 is 0 Å². The molecule has 2 aromatic heterocycles. The van der Waals surface area contributed by atoms with Gasteiger partial charge in [-0.15, -0.1) is 53.6 Å². The van der Waals surface area contributed by atoms with Crippen molar-refractivity contribution in [1.82, 2.24) is 9.55 Å². The Hall–Kier alpha value is -7.46. The van der Waals surface area contributed by atoms with E-state index in [0.29, 0.717) is 11.5 Å². The number of hydrogen-bond donors (Lipinski definition) is 0. The molecule has 72 heavy (non-hydrogen) atoms. The van der Waals surface area contributed by atoms with Crippen LogP contribution in [0.2, 0.25) is 0 Å². The number of rotatable bonds is 11. The van der Waals surface area contributed by atoms with Crippen molar-refractivity contribution in [3.05, 3.63) is 265 Å². The van der Waals surface area contributed by atoms with Gasteiger partial charge in [-0.25, -0.2) is 4.98 Å². The van der Waals surface area contributed by atoms with Gasteiger partial charge in [0.25, 0.3) is 0 Å². The Morgan fingerprint density at radius 2 is 1.10 bits per heavy atom. The van der Waals surface area contributed by atoms with Gasteiger partial charge in [0.1, 0.15) is 5.82 Å². The number of hydrogen-bond acceptors (Lipinski definition) is 4. The smallest absolute Gasteiger partial charge is 0.135 e. The predicted molar refractivity (Wildman–Crippen MR) is 294 cm³/mol. The topological polar surface area (TPSA) is 33.5 Å². The monoisotopic (exact) mass is 1120 g/mol. The summed E-state index contributed by atoms with van der Waals surface area (Å²) in [5.41, 5.74) is 13.6. The summed E-state index contributed by atoms with van der Waals surface area (Å²) in [6.45, 7) is 18.1. The van der Waals surface area contributed by atoms with E-state index in [2.05, 4.69) is 282 Å². The van der Waals surface area contributed by atoms with E-state index in [9.17, 15) is 0 Å². The molecule has 0 fully saturated rings. The molecule has 11 rings (SSSR count). The third-order valence-corrected chi connectivity index (χ3v) is 14.3. The minimum Gasteiger partial charge on any atom is -0.509 e. The Balaban J connectivity index is 0.00000596. The maximum Gasteiger partial charge on any atom is 0.135 e. The molecular weight excluding hydrogens is 1060 g/mol. The van der Waals surface area contributed by atoms with Crippen LogP contribution in [0.3, 0.4) is 0 Å². The number of fused-ring (bicyclic) bond motifs is 3. The van der Waals surface area contributed by atoms with Gasteiger partial charge >= 0.3 is 0 Å². The number of anilines is 2. The predicted octanol–water partition coefficient (Wildman–Crippen LogP) is 16.6. The number of pyridine rings is 1. The van der Waals surface area contributed by atoms with E-state index in [-0.39, 0.29) is 31.9 Å². The first kappa shape index (κ1) is 48.2. The molecule has 5 nitrogen and oxygen atoms in total. The summed E-state index contributed by atoms with van der Waals surface area (Å²) in [6, 6.07) is 78.5. The Kier molecular flexibility index (Phi) is 12.9. The second-order valence-corrected chi connectivity index (χ2v) is 20.7. The van der Waals surface area contributed by atoms with E-state index in [1.165, 1.54) is 33.4 Å². The first-order valence-corrected chi connectivity index (χ1v) is 24.5. The zero-order valence-electron chi connectivity index (χ0n) is 41.8. The molecule has 0 atom stereocenters. The van der Waals surface area contributed by atoms with Crippen molar-refractivity contribution in [3.63, 3.8) is 0 Å². The minimum absolute atomic E-state index is 0. The van der Waals surface area contributed by atoms with Crippen LogP contribution < -0.4 is 14.5 Å². The third-order valence-electron chi connectivity index (χ3n) is 14.3. The summed E-state index contributed by atoms with van der Waals surface area (Å²) in [5, 5.41) is 2.19. The van der Waals surface area contributed by atoms with E-state index in [4.69, 9.17) is 9.72 Å². The molecule has 0 bridgehead atoms. The maximum absolute atomic E-state index is 7.03. The van der Waals surface area contributed by atoms with Crippen LogP contribution in [0.4, 0.5) is 11.4 Å². The molecule has 0 amide bonds. The first-order chi connectivity index (χ1) is 34.3. The van der Waals surface area contributed by atoms with Crippen LogP contribution in [0.25, 0.3) is 44.4 Å². The molecule has 0 aliphatic carbocycles. The number of para-hydroxylation sites is 1. The van der Waals surface area contributed by atoms with Crippen molar-refractivity contribution in [2.45, 2.75) is 64.7 Å². The number of ether oxygens (including phenoxy) is 1. The number of aromatic nitrogens is 2. The third kappa shape index (κ3) is 9.19. The number of benzene rings is 8. The molecule has 6 heteroatoms. The molecule has 3 heterocycles. The second-order valence-electron chi connectivity index (χ2n) is 20.7. The van der Waals surface area contributed by atoms with Crippen LogP contribution in [0.1, 0.15) is 81.8 Å². The molecule has 0 unspecified atom stereocenters. The van der Waals surface area contributed by atoms with Gasteiger partial charge in [0.2, 0.25) is 0 Å². The van der Waals surface area contributed by atoms with Crippen LogP contribution in [0.15, 0.2) is 213 Å². The summed E-state index contributed by atoms with van der Waals surface area (Å²) >= 11 is 0. The van der Waals surface area contributed by atoms with Gasteiger partial charge in [-0.3, -0.25) is 0 Å². The molecule has 1 aliphatic heterocycles. The molecule has 0 spiro atoms. The fourth-order valence-corrected chi connectivity index (χ4v) is 9.90. The van der Waals surface area contributed by atoms with Crippen LogP contribution >= 0.6 is 0 Å². The van der Waals surface area contributed by atoms with Crippen LogP contribution in [0.5, 0.6) is 11.5 Å². The average Bonchev–Trinajstić information content (AvgIpc) is 4.00. The normalized spacial score (nSPS) is 13.1. The van der Waals surface area contributed by atoms with E-state index in [1.807, 2.05) is 12.3 Å². The van der Waals surface area contributed by atoms with Gasteiger partial charge in [-0.1, -0.05) is 200 Å². The summed E-state index contributed by atoms with van der Waals surface area (Å²) in [7, 11) is 0. The molecule has 0 N–H and O–H groups in total. The fourth-order valence-electron chi connectivity index (χ4n) is 9.90. The molecule has 8 aromatic carbocycles. The van der Waals surface area contributed by atoms with Crippen molar-refractivity contribution in [2.75, 3.05) is 9.80 Å². The van der Waals surface area contributed by atoms with Gasteiger partial charge in [-0.2, -0.15) is 6.07 Å². The molecule has 0 saturated carbocycles. The van der Waals surface area contributed by atoms with Crippen LogP contribution in [-0.2, 0) is 37.3 Å². The molecule has 0 saturated heterocycles. The van der Waals surface area contributed by atoms with Crippen molar-refractivity contribution < 1.29 is 25.8 Å². The molecule has 1 aliphatic rings. The van der Waals surface area contributed by atoms with Crippen LogP contribution in [-0.4, -0.2) is 9.55 Å². The zero-order chi connectivity index (χ0) is 48.9. The van der Waals surface area contributed by atoms with Crippen molar-refractivity contribution in [2.24, 2.45) is 0 Å². The molecule has 360 valence electrons. The minimum atomic E-state index is -0.394. The standard InChI is InChI=1S/C66H57N4O.Pt/c1-64(2,3)52-36-48(46-22-12-8-13-23-46)37-54(38-52)68-44-62(47-24-14-9-15-25-47)69(45-68)55-39-53(66(6,7)50-28-18-11-19-29-50)40-57(42-55)71-56-32-33-59-58-30-20-21-31-60(58)70(61(59)43-56)63-41-51(34-35-67-63)65(4,5)49-26-16-10-17-27-49;/h8-41,44-45H,1-7H3;/q-3;. The maximum atomic E-state index is 7.03. The van der Waals surface area contributed by atoms with Crippen molar-refractivity contribution in [1.29, 1.82) is 0 Å². The largest absolute Gasteiger partial charge is 0.509 e. The fraction of sp³-hybridized carbons (Fsp3) is 0.152. The second kappa shape index (κ2) is 19.3. The molecule has 10 aromatic rings. The molecule has 0 radical (unpaired) electrons. The van der Waals surface area contributed by atoms with E-state index < -0.39 is 5.41 Å². The van der Waals surface area contributed by atoms with E-state index in [1.54, 1.807) is 0 Å². The molecular formula is C66H57N4OPt-3.